The molecule has 0 radical (unpaired) electrons. The zero-order valence-electron chi connectivity index (χ0n) is 17.4. The number of nitrogens with zero attached hydrogens (tertiary/aromatic N) is 2. The monoisotopic (exact) mass is 562 g/mol. The van der Waals surface area contributed by atoms with Crippen LogP contribution in [-0.4, -0.2) is 57.4 Å². The van der Waals surface area contributed by atoms with Crippen LogP contribution in [0.25, 0.3) is 0 Å². The van der Waals surface area contributed by atoms with Crippen LogP contribution < -0.4 is 10.6 Å². The van der Waals surface area contributed by atoms with Crippen molar-refractivity contribution in [3.05, 3.63) is 35.9 Å². The third kappa shape index (κ3) is 6.98. The zero-order chi connectivity index (χ0) is 21.7. The molecule has 6 nitrogen and oxygen atoms in total. The van der Waals surface area contributed by atoms with Crippen LogP contribution in [0.15, 0.2) is 35.3 Å². The predicted octanol–water partition coefficient (Wildman–Crippen LogP) is 3.31. The number of hydrogen-bond donors (Lipinski definition) is 2. The number of piperidine rings is 1. The first-order chi connectivity index (χ1) is 13.5. The molecule has 1 saturated heterocycles. The van der Waals surface area contributed by atoms with Crippen molar-refractivity contribution in [2.24, 2.45) is 10.9 Å². The van der Waals surface area contributed by atoms with Crippen molar-refractivity contribution >= 4 is 40.0 Å². The molecule has 1 aliphatic rings. The zero-order valence-corrected chi connectivity index (χ0v) is 20.5. The molecule has 11 heteroatoms. The van der Waals surface area contributed by atoms with E-state index in [2.05, 4.69) is 41.6 Å². The van der Waals surface area contributed by atoms with Gasteiger partial charge in [-0.3, -0.25) is 4.99 Å². The molecule has 30 heavy (non-hydrogen) atoms. The molecule has 0 atom stereocenters. The highest BCUT2D eigenvalue weighted by Crippen LogP contribution is 2.30. The van der Waals surface area contributed by atoms with Gasteiger partial charge in [-0.15, -0.1) is 24.0 Å². The van der Waals surface area contributed by atoms with E-state index >= 15 is 0 Å². The molecule has 0 spiro atoms. The number of alkyl halides is 3. The summed E-state index contributed by atoms with van der Waals surface area (Å²) in [5.41, 5.74) is -4.16. The molecule has 0 aliphatic carbocycles. The number of hydrogen-bond acceptors (Lipinski definition) is 3. The Hall–Kier alpha value is -1.08. The molecule has 0 saturated carbocycles. The Labute approximate surface area is 193 Å². The van der Waals surface area contributed by atoms with E-state index in [4.69, 9.17) is 0 Å². The minimum Gasteiger partial charge on any atom is -0.356 e. The van der Waals surface area contributed by atoms with Gasteiger partial charge >= 0.3 is 15.5 Å². The van der Waals surface area contributed by atoms with E-state index in [1.807, 2.05) is 18.2 Å². The first-order valence-corrected chi connectivity index (χ1v) is 11.0. The molecule has 0 bridgehead atoms. The molecule has 2 rings (SSSR count). The van der Waals surface area contributed by atoms with Crippen molar-refractivity contribution in [3.63, 3.8) is 0 Å². The maximum absolute atomic E-state index is 12.7. The fourth-order valence-electron chi connectivity index (χ4n) is 3.26. The average molecular weight is 562 g/mol. The smallest absolute Gasteiger partial charge is 0.356 e. The van der Waals surface area contributed by atoms with E-state index in [1.54, 1.807) is 7.05 Å². The van der Waals surface area contributed by atoms with Crippen molar-refractivity contribution in [2.45, 2.75) is 37.6 Å². The van der Waals surface area contributed by atoms with Gasteiger partial charge in [0.2, 0.25) is 0 Å². The number of guanidine groups is 1. The van der Waals surface area contributed by atoms with Crippen LogP contribution >= 0.6 is 24.0 Å². The lowest BCUT2D eigenvalue weighted by atomic mass is 9.85. The maximum atomic E-state index is 12.7. The second-order valence-electron chi connectivity index (χ2n) is 7.85. The Morgan fingerprint density at radius 2 is 1.70 bits per heavy atom. The van der Waals surface area contributed by atoms with Gasteiger partial charge in [0.25, 0.3) is 0 Å². The molecule has 172 valence electrons. The van der Waals surface area contributed by atoms with Gasteiger partial charge in [-0.05, 0) is 24.3 Å². The van der Waals surface area contributed by atoms with Crippen molar-refractivity contribution in [1.82, 2.24) is 14.9 Å². The fourth-order valence-corrected chi connectivity index (χ4v) is 4.24. The highest BCUT2D eigenvalue weighted by molar-refractivity contribution is 14.0. The summed E-state index contributed by atoms with van der Waals surface area (Å²) in [4.78, 5) is 4.20. The first-order valence-electron chi connectivity index (χ1n) is 9.54. The van der Waals surface area contributed by atoms with Crippen molar-refractivity contribution in [3.8, 4) is 0 Å². The summed E-state index contributed by atoms with van der Waals surface area (Å²) in [5, 5.41) is 6.48. The summed E-state index contributed by atoms with van der Waals surface area (Å²) < 4.78 is 61.4. The molecule has 1 heterocycles. The summed E-state index contributed by atoms with van der Waals surface area (Å²) in [5.74, 6) is 0.690. The van der Waals surface area contributed by atoms with Gasteiger partial charge in [-0.1, -0.05) is 44.2 Å². The van der Waals surface area contributed by atoms with E-state index in [0.29, 0.717) is 36.2 Å². The number of benzene rings is 1. The third-order valence-corrected chi connectivity index (χ3v) is 6.87. The summed E-state index contributed by atoms with van der Waals surface area (Å²) in [7, 11) is -3.58. The first kappa shape index (κ1) is 27.0. The van der Waals surface area contributed by atoms with Gasteiger partial charge in [0.15, 0.2) is 5.96 Å². The lowest BCUT2D eigenvalue weighted by Gasteiger charge is -2.32. The third-order valence-electron chi connectivity index (χ3n) is 5.24. The maximum Gasteiger partial charge on any atom is 0.511 e. The largest absolute Gasteiger partial charge is 0.511 e. The minimum atomic E-state index is -5.24. The van der Waals surface area contributed by atoms with E-state index in [-0.39, 0.29) is 48.4 Å². The SMILES string of the molecule is CN=C(NCC1CCN(S(=O)(=O)C(F)(F)F)CC1)NCC(C)(C)c1ccccc1.I. The molecule has 0 aromatic heterocycles. The highest BCUT2D eigenvalue weighted by Gasteiger charge is 2.50. The van der Waals surface area contributed by atoms with Crippen molar-refractivity contribution < 1.29 is 21.6 Å². The molecule has 1 aliphatic heterocycles. The Morgan fingerprint density at radius 3 is 2.20 bits per heavy atom. The van der Waals surface area contributed by atoms with Gasteiger partial charge in [0.05, 0.1) is 0 Å². The highest BCUT2D eigenvalue weighted by atomic mass is 127. The lowest BCUT2D eigenvalue weighted by Crippen LogP contribution is -2.48. The second kappa shape index (κ2) is 11.0. The van der Waals surface area contributed by atoms with Crippen LogP contribution in [0.3, 0.4) is 0 Å². The second-order valence-corrected chi connectivity index (χ2v) is 9.78. The average Bonchev–Trinajstić information content (AvgIpc) is 2.68. The van der Waals surface area contributed by atoms with Gasteiger partial charge in [-0.25, -0.2) is 8.42 Å². The van der Waals surface area contributed by atoms with Gasteiger partial charge in [0, 0.05) is 38.6 Å². The predicted molar refractivity (Wildman–Crippen MR) is 124 cm³/mol. The van der Waals surface area contributed by atoms with Gasteiger partial charge in [-0.2, -0.15) is 17.5 Å². The van der Waals surface area contributed by atoms with Crippen LogP contribution in [0.5, 0.6) is 0 Å². The summed E-state index contributed by atoms with van der Waals surface area (Å²) in [6, 6.07) is 10.1. The van der Waals surface area contributed by atoms with Crippen molar-refractivity contribution in [2.75, 3.05) is 33.2 Å². The van der Waals surface area contributed by atoms with Crippen LogP contribution in [0.1, 0.15) is 32.3 Å². The van der Waals surface area contributed by atoms with E-state index in [0.717, 1.165) is 0 Å². The summed E-state index contributed by atoms with van der Waals surface area (Å²) in [6.45, 7) is 5.17. The number of sulfonamides is 1. The van der Waals surface area contributed by atoms with Crippen molar-refractivity contribution in [1.29, 1.82) is 0 Å². The number of halogens is 4. The fraction of sp³-hybridized carbons (Fsp3) is 0.632. The van der Waals surface area contributed by atoms with E-state index in [1.165, 1.54) is 5.56 Å². The Balaban J connectivity index is 0.00000450. The molecule has 1 fully saturated rings. The topological polar surface area (TPSA) is 73.8 Å². The molecular formula is C19H30F3IN4O2S. The molecule has 0 unspecified atom stereocenters. The molecule has 2 N–H and O–H groups in total. The van der Waals surface area contributed by atoms with E-state index < -0.39 is 15.5 Å². The molecule has 0 amide bonds. The van der Waals surface area contributed by atoms with Gasteiger partial charge in [0.1, 0.15) is 0 Å². The minimum absolute atomic E-state index is 0. The number of nitrogens with one attached hydrogen (secondary N) is 2. The molecular weight excluding hydrogens is 532 g/mol. The van der Waals surface area contributed by atoms with Crippen LogP contribution in [0.2, 0.25) is 0 Å². The Bertz CT molecular complexity index is 794. The Kier molecular flexibility index (Phi) is 9.87. The summed E-state index contributed by atoms with van der Waals surface area (Å²) >= 11 is 0. The van der Waals surface area contributed by atoms with E-state index in [9.17, 15) is 21.6 Å². The molecule has 1 aromatic rings. The van der Waals surface area contributed by atoms with Gasteiger partial charge < -0.3 is 10.6 Å². The number of rotatable bonds is 6. The Morgan fingerprint density at radius 1 is 1.13 bits per heavy atom. The normalized spacial score (nSPS) is 17.3. The molecule has 1 aromatic carbocycles. The lowest BCUT2D eigenvalue weighted by molar-refractivity contribution is -0.0496. The number of aliphatic imine (C=N–C) groups is 1. The van der Waals surface area contributed by atoms with Crippen LogP contribution in [0, 0.1) is 5.92 Å². The standard InChI is InChI=1S/C19H29F3N4O2S.HI/c1-18(2,16-7-5-4-6-8-16)14-25-17(23-3)24-13-15-9-11-26(12-10-15)29(27,28)19(20,21)22;/h4-8,15H,9-14H2,1-3H3,(H2,23,24,25);1H. The van der Waals surface area contributed by atoms with Crippen LogP contribution in [0.4, 0.5) is 13.2 Å². The van der Waals surface area contributed by atoms with Crippen LogP contribution in [-0.2, 0) is 15.4 Å². The summed E-state index contributed by atoms with van der Waals surface area (Å²) in [6.07, 6.45) is 0.740. The quantitative estimate of drug-likeness (QED) is 0.317.